The van der Waals surface area contributed by atoms with Crippen LogP contribution in [0.4, 0.5) is 0 Å². The molecular formula is C14H14N4. The van der Waals surface area contributed by atoms with Crippen molar-refractivity contribution in [2.24, 2.45) is 0 Å². The van der Waals surface area contributed by atoms with E-state index in [1.165, 1.54) is 25.7 Å². The lowest BCUT2D eigenvalue weighted by molar-refractivity contribution is 0.672. The van der Waals surface area contributed by atoms with Crippen LogP contribution in [-0.2, 0) is 0 Å². The summed E-state index contributed by atoms with van der Waals surface area (Å²) in [5.74, 6) is 2.21. The van der Waals surface area contributed by atoms with Gasteiger partial charge in [0.25, 0.3) is 0 Å². The van der Waals surface area contributed by atoms with Gasteiger partial charge in [0.15, 0.2) is 5.82 Å². The zero-order valence-corrected chi connectivity index (χ0v) is 10.1. The Balaban J connectivity index is 1.90. The molecule has 0 saturated heterocycles. The van der Waals surface area contributed by atoms with E-state index in [4.69, 9.17) is 5.26 Å². The summed E-state index contributed by atoms with van der Waals surface area (Å²) in [4.78, 5) is 4.56. The summed E-state index contributed by atoms with van der Waals surface area (Å²) in [5.41, 5.74) is 1.54. The molecule has 18 heavy (non-hydrogen) atoms. The van der Waals surface area contributed by atoms with Gasteiger partial charge in [0.1, 0.15) is 5.82 Å². The van der Waals surface area contributed by atoms with Crippen LogP contribution >= 0.6 is 0 Å². The smallest absolute Gasteiger partial charge is 0.181 e. The van der Waals surface area contributed by atoms with E-state index in [2.05, 4.69) is 21.3 Å². The molecule has 1 heterocycles. The summed E-state index contributed by atoms with van der Waals surface area (Å²) < 4.78 is 0. The molecule has 1 saturated carbocycles. The maximum atomic E-state index is 8.89. The van der Waals surface area contributed by atoms with E-state index in [1.807, 2.05) is 18.2 Å². The van der Waals surface area contributed by atoms with Crippen LogP contribution in [0.1, 0.15) is 43.0 Å². The molecule has 0 bridgehead atoms. The zero-order chi connectivity index (χ0) is 12.4. The Labute approximate surface area is 106 Å². The van der Waals surface area contributed by atoms with Crippen molar-refractivity contribution < 1.29 is 0 Å². The molecule has 1 aliphatic rings. The SMILES string of the molecule is N#Cc1cccc(-c2n[nH]c(C3CCCC3)n2)c1. The van der Waals surface area contributed by atoms with Crippen molar-refractivity contribution in [3.63, 3.8) is 0 Å². The molecule has 0 amide bonds. The molecule has 1 aliphatic carbocycles. The summed E-state index contributed by atoms with van der Waals surface area (Å²) in [5, 5.41) is 16.2. The van der Waals surface area contributed by atoms with Crippen LogP contribution in [0.3, 0.4) is 0 Å². The quantitative estimate of drug-likeness (QED) is 0.874. The molecular weight excluding hydrogens is 224 g/mol. The number of nitriles is 1. The van der Waals surface area contributed by atoms with Gasteiger partial charge in [0.2, 0.25) is 0 Å². The second-order valence-electron chi connectivity index (χ2n) is 4.72. The van der Waals surface area contributed by atoms with Crippen LogP contribution in [0.5, 0.6) is 0 Å². The molecule has 0 atom stereocenters. The number of H-pyrrole nitrogens is 1. The number of nitrogens with zero attached hydrogens (tertiary/aromatic N) is 3. The predicted molar refractivity (Wildman–Crippen MR) is 67.7 cm³/mol. The number of aromatic amines is 1. The van der Waals surface area contributed by atoms with Crippen molar-refractivity contribution in [3.8, 4) is 17.5 Å². The van der Waals surface area contributed by atoms with E-state index in [0.717, 1.165) is 11.4 Å². The number of benzene rings is 1. The van der Waals surface area contributed by atoms with Crippen LogP contribution in [0.25, 0.3) is 11.4 Å². The Morgan fingerprint density at radius 1 is 1.28 bits per heavy atom. The first-order valence-electron chi connectivity index (χ1n) is 6.29. The van der Waals surface area contributed by atoms with Crippen LogP contribution < -0.4 is 0 Å². The van der Waals surface area contributed by atoms with E-state index < -0.39 is 0 Å². The summed E-state index contributed by atoms with van der Waals surface area (Å²) >= 11 is 0. The average molecular weight is 238 g/mol. The lowest BCUT2D eigenvalue weighted by atomic mass is 10.1. The lowest BCUT2D eigenvalue weighted by Gasteiger charge is -2.01. The molecule has 4 nitrogen and oxygen atoms in total. The number of nitrogens with one attached hydrogen (secondary N) is 1. The molecule has 1 fully saturated rings. The number of rotatable bonds is 2. The number of hydrogen-bond donors (Lipinski definition) is 1. The molecule has 0 spiro atoms. The van der Waals surface area contributed by atoms with Gasteiger partial charge in [-0.3, -0.25) is 5.10 Å². The highest BCUT2D eigenvalue weighted by molar-refractivity contribution is 5.57. The zero-order valence-electron chi connectivity index (χ0n) is 10.1. The third-order valence-corrected chi connectivity index (χ3v) is 3.49. The average Bonchev–Trinajstić information content (AvgIpc) is 3.09. The van der Waals surface area contributed by atoms with Gasteiger partial charge in [0.05, 0.1) is 11.6 Å². The van der Waals surface area contributed by atoms with Gasteiger partial charge in [-0.25, -0.2) is 4.98 Å². The normalized spacial score (nSPS) is 15.7. The highest BCUT2D eigenvalue weighted by Crippen LogP contribution is 2.32. The Morgan fingerprint density at radius 2 is 2.11 bits per heavy atom. The van der Waals surface area contributed by atoms with E-state index in [1.54, 1.807) is 6.07 Å². The highest BCUT2D eigenvalue weighted by atomic mass is 15.2. The Bertz CT molecular complexity index is 588. The molecule has 1 aromatic carbocycles. The Kier molecular flexibility index (Phi) is 2.81. The summed E-state index contributed by atoms with van der Waals surface area (Å²) in [6, 6.07) is 9.53. The molecule has 0 unspecified atom stereocenters. The number of aromatic nitrogens is 3. The van der Waals surface area contributed by atoms with E-state index >= 15 is 0 Å². The van der Waals surface area contributed by atoms with Crippen LogP contribution in [0.2, 0.25) is 0 Å². The molecule has 1 aromatic heterocycles. The predicted octanol–water partition coefficient (Wildman–Crippen LogP) is 3.00. The minimum Gasteiger partial charge on any atom is -0.262 e. The topological polar surface area (TPSA) is 65.4 Å². The van der Waals surface area contributed by atoms with Gasteiger partial charge in [-0.2, -0.15) is 10.4 Å². The third kappa shape index (κ3) is 2.00. The first-order chi connectivity index (χ1) is 8.86. The summed E-state index contributed by atoms with van der Waals surface area (Å²) in [6.07, 6.45) is 4.97. The van der Waals surface area contributed by atoms with Gasteiger partial charge in [-0.05, 0) is 25.0 Å². The third-order valence-electron chi connectivity index (χ3n) is 3.49. The monoisotopic (exact) mass is 238 g/mol. The van der Waals surface area contributed by atoms with Gasteiger partial charge < -0.3 is 0 Å². The molecule has 90 valence electrons. The van der Waals surface area contributed by atoms with E-state index in [0.29, 0.717) is 17.3 Å². The van der Waals surface area contributed by atoms with Crippen molar-refractivity contribution in [1.29, 1.82) is 5.26 Å². The molecule has 4 heteroatoms. The standard InChI is InChI=1S/C14H14N4/c15-9-10-4-3-7-12(8-10)14-16-13(17-18-14)11-5-1-2-6-11/h3-4,7-8,11H,1-2,5-6H2,(H,16,17,18). The Morgan fingerprint density at radius 3 is 2.89 bits per heavy atom. The first kappa shape index (κ1) is 11.0. The molecule has 2 aromatic rings. The molecule has 1 N–H and O–H groups in total. The fourth-order valence-electron chi connectivity index (χ4n) is 2.51. The molecule has 3 rings (SSSR count). The van der Waals surface area contributed by atoms with Crippen molar-refractivity contribution >= 4 is 0 Å². The van der Waals surface area contributed by atoms with Gasteiger partial charge in [-0.15, -0.1) is 0 Å². The fourth-order valence-corrected chi connectivity index (χ4v) is 2.51. The van der Waals surface area contributed by atoms with Crippen molar-refractivity contribution in [2.45, 2.75) is 31.6 Å². The highest BCUT2D eigenvalue weighted by Gasteiger charge is 2.20. The fraction of sp³-hybridized carbons (Fsp3) is 0.357. The van der Waals surface area contributed by atoms with E-state index in [9.17, 15) is 0 Å². The maximum absolute atomic E-state index is 8.89. The van der Waals surface area contributed by atoms with Crippen LogP contribution in [-0.4, -0.2) is 15.2 Å². The maximum Gasteiger partial charge on any atom is 0.181 e. The van der Waals surface area contributed by atoms with Crippen LogP contribution in [0.15, 0.2) is 24.3 Å². The molecule has 0 radical (unpaired) electrons. The Hall–Kier alpha value is -2.15. The minimum atomic E-state index is 0.533. The van der Waals surface area contributed by atoms with Gasteiger partial charge in [0, 0.05) is 11.5 Å². The van der Waals surface area contributed by atoms with Crippen molar-refractivity contribution in [1.82, 2.24) is 15.2 Å². The van der Waals surface area contributed by atoms with Gasteiger partial charge >= 0.3 is 0 Å². The summed E-state index contributed by atoms with van der Waals surface area (Å²) in [7, 11) is 0. The van der Waals surface area contributed by atoms with Crippen molar-refractivity contribution in [3.05, 3.63) is 35.7 Å². The van der Waals surface area contributed by atoms with Crippen molar-refractivity contribution in [2.75, 3.05) is 0 Å². The largest absolute Gasteiger partial charge is 0.262 e. The first-order valence-corrected chi connectivity index (χ1v) is 6.29. The second kappa shape index (κ2) is 4.61. The molecule has 0 aliphatic heterocycles. The second-order valence-corrected chi connectivity index (χ2v) is 4.72. The summed E-state index contributed by atoms with van der Waals surface area (Å²) in [6.45, 7) is 0. The lowest BCUT2D eigenvalue weighted by Crippen LogP contribution is -1.94. The van der Waals surface area contributed by atoms with Gasteiger partial charge in [-0.1, -0.05) is 25.0 Å². The van der Waals surface area contributed by atoms with E-state index in [-0.39, 0.29) is 0 Å². The minimum absolute atomic E-state index is 0.533. The number of hydrogen-bond acceptors (Lipinski definition) is 3. The van der Waals surface area contributed by atoms with Crippen LogP contribution in [0, 0.1) is 11.3 Å².